The lowest BCUT2D eigenvalue weighted by atomic mass is 9.92. The quantitative estimate of drug-likeness (QED) is 0.725. The first-order valence-electron chi connectivity index (χ1n) is 6.49. The molecule has 2 heterocycles. The summed E-state index contributed by atoms with van der Waals surface area (Å²) in [6.07, 6.45) is 0. The van der Waals surface area contributed by atoms with Crippen molar-refractivity contribution < 1.29 is 9.47 Å². The first-order valence-corrected chi connectivity index (χ1v) is 7.25. The minimum Gasteiger partial charge on any atom is -0.454 e. The second kappa shape index (κ2) is 5.04. The average Bonchev–Trinajstić information content (AvgIpc) is 2.85. The maximum Gasteiger partial charge on any atom is 0.231 e. The van der Waals surface area contributed by atoms with Crippen LogP contribution in [-0.2, 0) is 5.41 Å². The molecule has 0 unspecified atom stereocenters. The molecule has 0 saturated heterocycles. The van der Waals surface area contributed by atoms with Gasteiger partial charge in [-0.2, -0.15) is 0 Å². The second-order valence-electron chi connectivity index (χ2n) is 5.84. The standard InChI is InChI=1S/C15H14Cl2N2O2/c1-15(2,3)11-6-12(17)19-14(18-11)8-4-9(16)13-10(5-8)20-7-21-13/h4-6H,7H2,1-3H3. The van der Waals surface area contributed by atoms with Crippen molar-refractivity contribution in [3.63, 3.8) is 0 Å². The molecule has 0 aliphatic carbocycles. The second-order valence-corrected chi connectivity index (χ2v) is 6.64. The van der Waals surface area contributed by atoms with Crippen molar-refractivity contribution in [3.8, 4) is 22.9 Å². The number of aromatic nitrogens is 2. The monoisotopic (exact) mass is 324 g/mol. The minimum atomic E-state index is -0.124. The fourth-order valence-electron chi connectivity index (χ4n) is 2.03. The number of benzene rings is 1. The molecule has 21 heavy (non-hydrogen) atoms. The summed E-state index contributed by atoms with van der Waals surface area (Å²) in [6.45, 7) is 6.38. The molecule has 6 heteroatoms. The van der Waals surface area contributed by atoms with Crippen LogP contribution in [-0.4, -0.2) is 16.8 Å². The van der Waals surface area contributed by atoms with Crippen molar-refractivity contribution in [3.05, 3.63) is 34.1 Å². The Kier molecular flexibility index (Phi) is 3.46. The van der Waals surface area contributed by atoms with Gasteiger partial charge < -0.3 is 9.47 Å². The molecule has 2 aromatic rings. The number of hydrogen-bond donors (Lipinski definition) is 0. The zero-order chi connectivity index (χ0) is 15.2. The molecular formula is C15H14Cl2N2O2. The summed E-state index contributed by atoms with van der Waals surface area (Å²) in [5.74, 6) is 1.67. The Morgan fingerprint density at radius 2 is 1.81 bits per heavy atom. The molecule has 1 aliphatic rings. The van der Waals surface area contributed by atoms with Crippen LogP contribution in [0.2, 0.25) is 10.2 Å². The van der Waals surface area contributed by atoms with E-state index in [0.717, 1.165) is 11.3 Å². The van der Waals surface area contributed by atoms with Gasteiger partial charge in [-0.25, -0.2) is 9.97 Å². The van der Waals surface area contributed by atoms with Gasteiger partial charge in [-0.05, 0) is 18.2 Å². The maximum absolute atomic E-state index is 6.20. The molecular weight excluding hydrogens is 311 g/mol. The molecule has 3 rings (SSSR count). The summed E-state index contributed by atoms with van der Waals surface area (Å²) in [5.41, 5.74) is 1.49. The van der Waals surface area contributed by atoms with E-state index in [1.807, 2.05) is 6.07 Å². The predicted molar refractivity (Wildman–Crippen MR) is 82.3 cm³/mol. The Hall–Kier alpha value is -1.52. The largest absolute Gasteiger partial charge is 0.454 e. The number of ether oxygens (including phenoxy) is 2. The SMILES string of the molecule is CC(C)(C)c1cc(Cl)nc(-c2cc(Cl)c3c(c2)OCO3)n1. The average molecular weight is 325 g/mol. The molecule has 1 aromatic carbocycles. The number of rotatable bonds is 1. The zero-order valence-electron chi connectivity index (χ0n) is 11.9. The molecule has 1 aromatic heterocycles. The normalized spacial score (nSPS) is 13.6. The molecule has 4 nitrogen and oxygen atoms in total. The van der Waals surface area contributed by atoms with Crippen molar-refractivity contribution in [1.29, 1.82) is 0 Å². The Bertz CT molecular complexity index is 712. The lowest BCUT2D eigenvalue weighted by Gasteiger charge is -2.18. The Balaban J connectivity index is 2.13. The van der Waals surface area contributed by atoms with Crippen LogP contribution < -0.4 is 9.47 Å². The van der Waals surface area contributed by atoms with Crippen LogP contribution in [0.15, 0.2) is 18.2 Å². The van der Waals surface area contributed by atoms with Gasteiger partial charge in [-0.15, -0.1) is 0 Å². The summed E-state index contributed by atoms with van der Waals surface area (Å²) in [5, 5.41) is 0.875. The third-order valence-electron chi connectivity index (χ3n) is 3.15. The van der Waals surface area contributed by atoms with Crippen LogP contribution >= 0.6 is 23.2 Å². The lowest BCUT2D eigenvalue weighted by molar-refractivity contribution is 0.174. The van der Waals surface area contributed by atoms with Crippen LogP contribution in [0.1, 0.15) is 26.5 Å². The maximum atomic E-state index is 6.20. The van der Waals surface area contributed by atoms with Gasteiger partial charge in [-0.1, -0.05) is 44.0 Å². The fraction of sp³-hybridized carbons (Fsp3) is 0.333. The van der Waals surface area contributed by atoms with Gasteiger partial charge in [0.1, 0.15) is 5.15 Å². The van der Waals surface area contributed by atoms with Gasteiger partial charge in [0.2, 0.25) is 6.79 Å². The van der Waals surface area contributed by atoms with Crippen molar-refractivity contribution in [2.45, 2.75) is 26.2 Å². The molecule has 0 saturated carbocycles. The Morgan fingerprint density at radius 3 is 2.52 bits per heavy atom. The molecule has 0 amide bonds. The molecule has 0 spiro atoms. The Labute approximate surface area is 133 Å². The van der Waals surface area contributed by atoms with Crippen LogP contribution in [0, 0.1) is 0 Å². The lowest BCUT2D eigenvalue weighted by Crippen LogP contribution is -2.14. The van der Waals surface area contributed by atoms with Crippen molar-refractivity contribution in [2.24, 2.45) is 0 Å². The fourth-order valence-corrected chi connectivity index (χ4v) is 2.48. The first kappa shape index (κ1) is 14.4. The summed E-state index contributed by atoms with van der Waals surface area (Å²) < 4.78 is 10.7. The van der Waals surface area contributed by atoms with Crippen LogP contribution in [0.25, 0.3) is 11.4 Å². The third-order valence-corrected chi connectivity index (χ3v) is 3.62. The van der Waals surface area contributed by atoms with E-state index in [0.29, 0.717) is 27.5 Å². The van der Waals surface area contributed by atoms with Gasteiger partial charge in [0, 0.05) is 11.0 Å². The Morgan fingerprint density at radius 1 is 1.05 bits per heavy atom. The highest BCUT2D eigenvalue weighted by Gasteiger charge is 2.22. The molecule has 0 fully saturated rings. The number of halogens is 2. The molecule has 110 valence electrons. The molecule has 1 aliphatic heterocycles. The number of fused-ring (bicyclic) bond motifs is 1. The highest BCUT2D eigenvalue weighted by molar-refractivity contribution is 6.32. The zero-order valence-corrected chi connectivity index (χ0v) is 13.4. The minimum absolute atomic E-state index is 0.124. The topological polar surface area (TPSA) is 44.2 Å². The van der Waals surface area contributed by atoms with Gasteiger partial charge >= 0.3 is 0 Å². The summed E-state index contributed by atoms with van der Waals surface area (Å²) in [6, 6.07) is 5.35. The summed E-state index contributed by atoms with van der Waals surface area (Å²) in [7, 11) is 0. The molecule has 0 N–H and O–H groups in total. The van der Waals surface area contributed by atoms with Gasteiger partial charge in [0.25, 0.3) is 0 Å². The highest BCUT2D eigenvalue weighted by atomic mass is 35.5. The smallest absolute Gasteiger partial charge is 0.231 e. The first-order chi connectivity index (χ1) is 9.84. The van der Waals surface area contributed by atoms with Gasteiger partial charge in [-0.3, -0.25) is 0 Å². The highest BCUT2D eigenvalue weighted by Crippen LogP contribution is 2.42. The molecule has 0 atom stereocenters. The predicted octanol–water partition coefficient (Wildman–Crippen LogP) is 4.48. The van der Waals surface area contributed by atoms with Crippen molar-refractivity contribution in [2.75, 3.05) is 6.79 Å². The van der Waals surface area contributed by atoms with Gasteiger partial charge in [0.15, 0.2) is 17.3 Å². The molecule has 0 radical (unpaired) electrons. The van der Waals surface area contributed by atoms with E-state index in [-0.39, 0.29) is 12.2 Å². The van der Waals surface area contributed by atoms with Crippen molar-refractivity contribution >= 4 is 23.2 Å². The van der Waals surface area contributed by atoms with E-state index < -0.39 is 0 Å². The van der Waals surface area contributed by atoms with E-state index in [1.54, 1.807) is 12.1 Å². The summed E-state index contributed by atoms with van der Waals surface area (Å²) in [4.78, 5) is 8.87. The number of nitrogens with zero attached hydrogens (tertiary/aromatic N) is 2. The van der Waals surface area contributed by atoms with Crippen LogP contribution in [0.3, 0.4) is 0 Å². The van der Waals surface area contributed by atoms with Crippen LogP contribution in [0.5, 0.6) is 11.5 Å². The molecule has 0 bridgehead atoms. The van der Waals surface area contributed by atoms with Gasteiger partial charge in [0.05, 0.1) is 10.7 Å². The van der Waals surface area contributed by atoms with E-state index >= 15 is 0 Å². The van der Waals surface area contributed by atoms with E-state index in [4.69, 9.17) is 32.7 Å². The summed E-state index contributed by atoms with van der Waals surface area (Å²) >= 11 is 12.3. The van der Waals surface area contributed by atoms with Crippen LogP contribution in [0.4, 0.5) is 0 Å². The third kappa shape index (κ3) is 2.78. The van der Waals surface area contributed by atoms with E-state index in [1.165, 1.54) is 0 Å². The van der Waals surface area contributed by atoms with E-state index in [2.05, 4.69) is 30.7 Å². The number of hydrogen-bond acceptors (Lipinski definition) is 4. The van der Waals surface area contributed by atoms with E-state index in [9.17, 15) is 0 Å². The van der Waals surface area contributed by atoms with Crippen molar-refractivity contribution in [1.82, 2.24) is 9.97 Å².